The minimum absolute atomic E-state index is 0.128. The molecule has 2 aromatic carbocycles. The van der Waals surface area contributed by atoms with Crippen molar-refractivity contribution in [1.82, 2.24) is 16.0 Å². The summed E-state index contributed by atoms with van der Waals surface area (Å²) in [7, 11) is 1.27. The van der Waals surface area contributed by atoms with Crippen LogP contribution < -0.4 is 21.7 Å². The number of phenolic OH excluding ortho intramolecular Hbond substituents is 1. The van der Waals surface area contributed by atoms with E-state index in [0.29, 0.717) is 25.7 Å². The van der Waals surface area contributed by atoms with Gasteiger partial charge >= 0.3 is 5.97 Å². The molecule has 1 saturated heterocycles. The molecule has 0 radical (unpaired) electrons. The van der Waals surface area contributed by atoms with Crippen molar-refractivity contribution in [3.63, 3.8) is 0 Å². The van der Waals surface area contributed by atoms with E-state index in [2.05, 4.69) is 16.0 Å². The molecule has 228 valence electrons. The first-order valence-electron chi connectivity index (χ1n) is 14.2. The number of aromatic hydroxyl groups is 1. The molecule has 0 saturated carbocycles. The minimum Gasteiger partial charge on any atom is -0.508 e. The summed E-state index contributed by atoms with van der Waals surface area (Å²) in [5.74, 6) is -1.56. The predicted molar refractivity (Wildman–Crippen MR) is 156 cm³/mol. The van der Waals surface area contributed by atoms with Crippen molar-refractivity contribution in [1.29, 1.82) is 0 Å². The summed E-state index contributed by atoms with van der Waals surface area (Å²) in [6.45, 7) is 4.06. The van der Waals surface area contributed by atoms with E-state index in [1.54, 1.807) is 12.1 Å². The number of methoxy groups -OCH3 is 1. The van der Waals surface area contributed by atoms with Gasteiger partial charge in [-0.25, -0.2) is 4.79 Å². The first-order chi connectivity index (χ1) is 20.0. The Kier molecular flexibility index (Phi) is 12.3. The zero-order valence-electron chi connectivity index (χ0n) is 24.4. The van der Waals surface area contributed by atoms with E-state index in [1.165, 1.54) is 19.2 Å². The van der Waals surface area contributed by atoms with Crippen LogP contribution in [0, 0.1) is 5.92 Å². The third-order valence-electron chi connectivity index (χ3n) is 7.06. The van der Waals surface area contributed by atoms with Crippen LogP contribution in [-0.4, -0.2) is 72.8 Å². The molecule has 1 aliphatic rings. The Balaban J connectivity index is 1.56. The average Bonchev–Trinajstić information content (AvgIpc) is 3.45. The van der Waals surface area contributed by atoms with Gasteiger partial charge in [0, 0.05) is 13.0 Å². The summed E-state index contributed by atoms with van der Waals surface area (Å²) in [6, 6.07) is 13.2. The van der Waals surface area contributed by atoms with Gasteiger partial charge in [-0.3, -0.25) is 14.4 Å². The van der Waals surface area contributed by atoms with Crippen LogP contribution in [0.25, 0.3) is 0 Å². The Hall–Kier alpha value is -3.96. The molecule has 3 rings (SSSR count). The van der Waals surface area contributed by atoms with Crippen LogP contribution in [0.3, 0.4) is 0 Å². The largest absolute Gasteiger partial charge is 0.508 e. The standard InChI is InChI=1S/C31H42N4O7/c1-19(2)15-26(31(40)41-3)35-29(38)25(17-20-7-5-4-6-8-20)34-30(39)27-14-13-23(42-27)18-33-28(37)24(32)16-21-9-11-22(36)12-10-21/h4-12,19,23-27,36H,13-18,32H2,1-3H3,(H,33,37)(H,34,39)(H,35,38)/t23-,24+,25+,26+,27-/m1/s1. The number of ether oxygens (including phenoxy) is 2. The number of hydrogen-bond donors (Lipinski definition) is 5. The molecule has 42 heavy (non-hydrogen) atoms. The van der Waals surface area contributed by atoms with Gasteiger partial charge in [0.2, 0.25) is 17.7 Å². The van der Waals surface area contributed by atoms with Crippen molar-refractivity contribution < 1.29 is 33.8 Å². The van der Waals surface area contributed by atoms with E-state index in [-0.39, 0.29) is 36.6 Å². The molecule has 2 aromatic rings. The van der Waals surface area contributed by atoms with Crippen LogP contribution in [0.15, 0.2) is 54.6 Å². The molecule has 11 nitrogen and oxygen atoms in total. The highest BCUT2D eigenvalue weighted by atomic mass is 16.5. The van der Waals surface area contributed by atoms with Gasteiger partial charge in [-0.15, -0.1) is 0 Å². The quantitative estimate of drug-likeness (QED) is 0.208. The van der Waals surface area contributed by atoms with Crippen molar-refractivity contribution in [3.8, 4) is 5.75 Å². The summed E-state index contributed by atoms with van der Waals surface area (Å²) in [5, 5.41) is 17.7. The zero-order valence-corrected chi connectivity index (χ0v) is 24.4. The van der Waals surface area contributed by atoms with Crippen LogP contribution in [0.4, 0.5) is 0 Å². The maximum absolute atomic E-state index is 13.3. The molecule has 1 aliphatic heterocycles. The molecule has 1 fully saturated rings. The summed E-state index contributed by atoms with van der Waals surface area (Å²) in [6.07, 6.45) is 0.698. The second kappa shape index (κ2) is 15.9. The molecule has 3 amide bonds. The molecule has 0 aliphatic carbocycles. The number of nitrogens with one attached hydrogen (secondary N) is 3. The first kappa shape index (κ1) is 32.6. The maximum atomic E-state index is 13.3. The van der Waals surface area contributed by atoms with Gasteiger partial charge in [-0.1, -0.05) is 56.3 Å². The molecule has 5 atom stereocenters. The number of rotatable bonds is 14. The van der Waals surface area contributed by atoms with Crippen LogP contribution in [0.5, 0.6) is 5.75 Å². The highest BCUT2D eigenvalue weighted by Gasteiger charge is 2.34. The van der Waals surface area contributed by atoms with E-state index in [9.17, 15) is 24.3 Å². The van der Waals surface area contributed by atoms with E-state index < -0.39 is 42.0 Å². The number of carbonyl (C=O) groups is 4. The number of carbonyl (C=O) groups excluding carboxylic acids is 4. The van der Waals surface area contributed by atoms with Gasteiger partial charge in [0.15, 0.2) is 0 Å². The first-order valence-corrected chi connectivity index (χ1v) is 14.2. The smallest absolute Gasteiger partial charge is 0.328 e. The fourth-order valence-corrected chi connectivity index (χ4v) is 4.80. The Bertz CT molecular complexity index is 1190. The van der Waals surface area contributed by atoms with E-state index in [1.807, 2.05) is 44.2 Å². The Morgan fingerprint density at radius 1 is 0.929 bits per heavy atom. The van der Waals surface area contributed by atoms with Crippen molar-refractivity contribution in [2.24, 2.45) is 11.7 Å². The van der Waals surface area contributed by atoms with Gasteiger partial charge in [-0.2, -0.15) is 0 Å². The highest BCUT2D eigenvalue weighted by molar-refractivity contribution is 5.92. The van der Waals surface area contributed by atoms with Crippen LogP contribution in [0.1, 0.15) is 44.2 Å². The normalized spacial score (nSPS) is 18.5. The van der Waals surface area contributed by atoms with Crippen LogP contribution in [0.2, 0.25) is 0 Å². The topological polar surface area (TPSA) is 169 Å². The van der Waals surface area contributed by atoms with E-state index >= 15 is 0 Å². The maximum Gasteiger partial charge on any atom is 0.328 e. The molecule has 0 bridgehead atoms. The lowest BCUT2D eigenvalue weighted by Gasteiger charge is -2.24. The third kappa shape index (κ3) is 10.1. The SMILES string of the molecule is COC(=O)[C@H](CC(C)C)NC(=O)[C@H](Cc1ccccc1)NC(=O)[C@H]1CC[C@H](CNC(=O)[C@@H](N)Cc2ccc(O)cc2)O1. The third-order valence-corrected chi connectivity index (χ3v) is 7.06. The Morgan fingerprint density at radius 3 is 2.24 bits per heavy atom. The van der Waals surface area contributed by atoms with Crippen molar-refractivity contribution in [3.05, 3.63) is 65.7 Å². The van der Waals surface area contributed by atoms with Crippen LogP contribution >= 0.6 is 0 Å². The number of esters is 1. The Labute approximate surface area is 246 Å². The van der Waals surface area contributed by atoms with Gasteiger partial charge in [0.1, 0.15) is 23.9 Å². The lowest BCUT2D eigenvalue weighted by molar-refractivity contribution is -0.146. The van der Waals surface area contributed by atoms with Gasteiger partial charge in [0.05, 0.1) is 19.3 Å². The molecule has 6 N–H and O–H groups in total. The van der Waals surface area contributed by atoms with E-state index in [0.717, 1.165) is 11.1 Å². The summed E-state index contributed by atoms with van der Waals surface area (Å²) in [5.41, 5.74) is 7.70. The summed E-state index contributed by atoms with van der Waals surface area (Å²) in [4.78, 5) is 51.3. The Morgan fingerprint density at radius 2 is 1.60 bits per heavy atom. The fraction of sp³-hybridized carbons (Fsp3) is 0.484. The van der Waals surface area contributed by atoms with Crippen molar-refractivity contribution >= 4 is 23.7 Å². The molecule has 0 unspecified atom stereocenters. The number of hydrogen-bond acceptors (Lipinski definition) is 8. The lowest BCUT2D eigenvalue weighted by Crippen LogP contribution is -2.54. The molecule has 0 aromatic heterocycles. The highest BCUT2D eigenvalue weighted by Crippen LogP contribution is 2.20. The average molecular weight is 583 g/mol. The van der Waals surface area contributed by atoms with E-state index in [4.69, 9.17) is 15.2 Å². The van der Waals surface area contributed by atoms with Gasteiger partial charge in [-0.05, 0) is 54.9 Å². The number of benzene rings is 2. The molecular formula is C31H42N4O7. The minimum atomic E-state index is -0.945. The second-order valence-corrected chi connectivity index (χ2v) is 11.0. The molecular weight excluding hydrogens is 540 g/mol. The van der Waals surface area contributed by atoms with Crippen molar-refractivity contribution in [2.45, 2.75) is 76.3 Å². The molecule has 1 heterocycles. The number of phenols is 1. The number of nitrogens with two attached hydrogens (primary N) is 1. The second-order valence-electron chi connectivity index (χ2n) is 11.0. The monoisotopic (exact) mass is 582 g/mol. The predicted octanol–water partition coefficient (Wildman–Crippen LogP) is 1.36. The van der Waals surface area contributed by atoms with Crippen molar-refractivity contribution in [2.75, 3.05) is 13.7 Å². The lowest BCUT2D eigenvalue weighted by atomic mass is 10.0. The number of amides is 3. The molecule has 0 spiro atoms. The van der Waals surface area contributed by atoms with Crippen LogP contribution in [-0.2, 0) is 41.5 Å². The zero-order chi connectivity index (χ0) is 30.6. The summed E-state index contributed by atoms with van der Waals surface area (Å²) >= 11 is 0. The van der Waals surface area contributed by atoms with Gasteiger partial charge < -0.3 is 36.3 Å². The molecule has 11 heteroatoms. The van der Waals surface area contributed by atoms with Gasteiger partial charge in [0.25, 0.3) is 0 Å². The fourth-order valence-electron chi connectivity index (χ4n) is 4.80. The summed E-state index contributed by atoms with van der Waals surface area (Å²) < 4.78 is 10.8.